The van der Waals surface area contributed by atoms with E-state index in [0.717, 1.165) is 12.1 Å². The fraction of sp³-hybridized carbons (Fsp3) is 0.350. The monoisotopic (exact) mass is 395 g/mol. The van der Waals surface area contributed by atoms with Gasteiger partial charge in [0.25, 0.3) is 5.91 Å². The first kappa shape index (κ1) is 20.2. The molecule has 9 heteroatoms. The zero-order valence-electron chi connectivity index (χ0n) is 16.6. The number of nitrogens with two attached hydrogens (primary N) is 1. The Labute approximate surface area is 169 Å². The van der Waals surface area contributed by atoms with Crippen LogP contribution in [0.2, 0.25) is 0 Å². The number of carbonyl (C=O) groups excluding carboxylic acids is 2. The SMILES string of the molecule is C=CC(=O)N1CCC(Nc2nnc(C(N)=O)c(Nc3ccc(C(C)C)cc3)n2)C1. The second-order valence-corrected chi connectivity index (χ2v) is 7.22. The molecule has 1 atom stereocenters. The van der Waals surface area contributed by atoms with Gasteiger partial charge in [-0.25, -0.2) is 0 Å². The molecule has 3 rings (SSSR count). The quantitative estimate of drug-likeness (QED) is 0.612. The second kappa shape index (κ2) is 8.68. The van der Waals surface area contributed by atoms with E-state index in [1.165, 1.54) is 11.6 Å². The first-order chi connectivity index (χ1) is 13.9. The number of benzene rings is 1. The lowest BCUT2D eigenvalue weighted by atomic mass is 10.0. The Hall–Kier alpha value is -3.49. The van der Waals surface area contributed by atoms with E-state index in [9.17, 15) is 9.59 Å². The summed E-state index contributed by atoms with van der Waals surface area (Å²) in [6, 6.07) is 7.82. The van der Waals surface area contributed by atoms with E-state index in [0.29, 0.717) is 19.0 Å². The van der Waals surface area contributed by atoms with Crippen LogP contribution >= 0.6 is 0 Å². The van der Waals surface area contributed by atoms with Crippen LogP contribution in [0.25, 0.3) is 0 Å². The molecule has 1 aliphatic rings. The summed E-state index contributed by atoms with van der Waals surface area (Å²) in [5.74, 6) is 0.0744. The Morgan fingerprint density at radius 1 is 1.28 bits per heavy atom. The molecule has 152 valence electrons. The molecule has 0 radical (unpaired) electrons. The van der Waals surface area contributed by atoms with Gasteiger partial charge in [-0.3, -0.25) is 9.59 Å². The Morgan fingerprint density at radius 2 is 2.00 bits per heavy atom. The predicted octanol–water partition coefficient (Wildman–Crippen LogP) is 2.04. The molecule has 29 heavy (non-hydrogen) atoms. The third-order valence-corrected chi connectivity index (χ3v) is 4.77. The van der Waals surface area contributed by atoms with Gasteiger partial charge >= 0.3 is 0 Å². The van der Waals surface area contributed by atoms with Crippen LogP contribution in [0.1, 0.15) is 42.2 Å². The predicted molar refractivity (Wildman–Crippen MR) is 111 cm³/mol. The van der Waals surface area contributed by atoms with Gasteiger partial charge in [0, 0.05) is 24.8 Å². The van der Waals surface area contributed by atoms with Crippen LogP contribution < -0.4 is 16.4 Å². The number of primary amides is 1. The minimum absolute atomic E-state index is 0.0155. The molecule has 1 aliphatic heterocycles. The largest absolute Gasteiger partial charge is 0.364 e. The number of aromatic nitrogens is 3. The van der Waals surface area contributed by atoms with Crippen LogP contribution in [0.5, 0.6) is 0 Å². The number of carbonyl (C=O) groups is 2. The topological polar surface area (TPSA) is 126 Å². The van der Waals surface area contributed by atoms with Crippen molar-refractivity contribution in [3.05, 3.63) is 48.2 Å². The van der Waals surface area contributed by atoms with Crippen LogP contribution in [0, 0.1) is 0 Å². The van der Waals surface area contributed by atoms with Crippen LogP contribution in [0.15, 0.2) is 36.9 Å². The molecule has 1 unspecified atom stereocenters. The zero-order valence-corrected chi connectivity index (χ0v) is 16.6. The highest BCUT2D eigenvalue weighted by molar-refractivity contribution is 5.96. The van der Waals surface area contributed by atoms with Crippen molar-refractivity contribution < 1.29 is 9.59 Å². The van der Waals surface area contributed by atoms with Crippen molar-refractivity contribution in [3.8, 4) is 0 Å². The van der Waals surface area contributed by atoms with E-state index >= 15 is 0 Å². The molecule has 9 nitrogen and oxygen atoms in total. The Kier molecular flexibility index (Phi) is 6.06. The smallest absolute Gasteiger partial charge is 0.273 e. The average molecular weight is 395 g/mol. The van der Waals surface area contributed by atoms with Crippen molar-refractivity contribution in [2.24, 2.45) is 5.73 Å². The highest BCUT2D eigenvalue weighted by atomic mass is 16.2. The maximum Gasteiger partial charge on any atom is 0.273 e. The maximum absolute atomic E-state index is 11.7. The molecule has 2 aromatic rings. The minimum Gasteiger partial charge on any atom is -0.364 e. The summed E-state index contributed by atoms with van der Waals surface area (Å²) in [5.41, 5.74) is 7.33. The highest BCUT2D eigenvalue weighted by Crippen LogP contribution is 2.22. The van der Waals surface area contributed by atoms with E-state index in [1.54, 1.807) is 4.90 Å². The first-order valence-corrected chi connectivity index (χ1v) is 9.46. The standard InChI is InChI=1S/C20H25N7O2/c1-4-16(28)27-10-9-15(11-27)23-20-24-19(17(18(21)29)25-26-20)22-14-7-5-13(6-8-14)12(2)3/h4-8,12,15H,1,9-11H2,2-3H3,(H2,21,29)(H2,22,23,24,26). The molecule has 1 aromatic carbocycles. The molecule has 1 aromatic heterocycles. The van der Waals surface area contributed by atoms with Crippen molar-refractivity contribution in [1.82, 2.24) is 20.1 Å². The van der Waals surface area contributed by atoms with E-state index in [-0.39, 0.29) is 29.4 Å². The van der Waals surface area contributed by atoms with E-state index in [4.69, 9.17) is 5.73 Å². The first-order valence-electron chi connectivity index (χ1n) is 9.46. The number of likely N-dealkylation sites (tertiary alicyclic amines) is 1. The lowest BCUT2D eigenvalue weighted by molar-refractivity contribution is -0.125. The molecule has 4 N–H and O–H groups in total. The van der Waals surface area contributed by atoms with Gasteiger partial charge in [0.1, 0.15) is 0 Å². The number of anilines is 3. The molecule has 0 spiro atoms. The molecular formula is C20H25N7O2. The summed E-state index contributed by atoms with van der Waals surface area (Å²) in [4.78, 5) is 29.5. The van der Waals surface area contributed by atoms with Gasteiger partial charge < -0.3 is 21.3 Å². The van der Waals surface area contributed by atoms with Crippen molar-refractivity contribution >= 4 is 29.3 Å². The molecule has 0 bridgehead atoms. The minimum atomic E-state index is -0.721. The molecule has 2 heterocycles. The summed E-state index contributed by atoms with van der Waals surface area (Å²) >= 11 is 0. The molecule has 0 saturated carbocycles. The van der Waals surface area contributed by atoms with Crippen LogP contribution in [-0.4, -0.2) is 51.0 Å². The van der Waals surface area contributed by atoms with Crippen molar-refractivity contribution in [1.29, 1.82) is 0 Å². The molecular weight excluding hydrogens is 370 g/mol. The van der Waals surface area contributed by atoms with Gasteiger partial charge in [-0.2, -0.15) is 4.98 Å². The molecule has 1 saturated heterocycles. The maximum atomic E-state index is 11.7. The van der Waals surface area contributed by atoms with Crippen LogP contribution in [-0.2, 0) is 4.79 Å². The third kappa shape index (κ3) is 4.87. The van der Waals surface area contributed by atoms with Gasteiger partial charge in [-0.15, -0.1) is 10.2 Å². The number of hydrogen-bond donors (Lipinski definition) is 3. The normalized spacial score (nSPS) is 16.0. The number of rotatable bonds is 7. The number of nitrogens with one attached hydrogen (secondary N) is 2. The fourth-order valence-corrected chi connectivity index (χ4v) is 3.12. The van der Waals surface area contributed by atoms with Crippen LogP contribution in [0.4, 0.5) is 17.5 Å². The third-order valence-electron chi connectivity index (χ3n) is 4.77. The molecule has 0 aliphatic carbocycles. The van der Waals surface area contributed by atoms with Crippen molar-refractivity contribution in [2.45, 2.75) is 32.2 Å². The Balaban J connectivity index is 1.76. The molecule has 1 fully saturated rings. The Morgan fingerprint density at radius 3 is 2.62 bits per heavy atom. The summed E-state index contributed by atoms with van der Waals surface area (Å²) < 4.78 is 0. The van der Waals surface area contributed by atoms with Gasteiger partial charge in [0.15, 0.2) is 11.5 Å². The number of nitrogens with zero attached hydrogens (tertiary/aromatic N) is 4. The zero-order chi connectivity index (χ0) is 21.0. The van der Waals surface area contributed by atoms with Gasteiger partial charge in [-0.1, -0.05) is 32.6 Å². The molecule has 2 amide bonds. The lowest BCUT2D eigenvalue weighted by Gasteiger charge is -2.16. The fourth-order valence-electron chi connectivity index (χ4n) is 3.12. The summed E-state index contributed by atoms with van der Waals surface area (Å²) in [7, 11) is 0. The second-order valence-electron chi connectivity index (χ2n) is 7.22. The van der Waals surface area contributed by atoms with Crippen LogP contribution in [0.3, 0.4) is 0 Å². The highest BCUT2D eigenvalue weighted by Gasteiger charge is 2.26. The van der Waals surface area contributed by atoms with E-state index in [2.05, 4.69) is 46.2 Å². The van der Waals surface area contributed by atoms with Crippen molar-refractivity contribution in [2.75, 3.05) is 23.7 Å². The van der Waals surface area contributed by atoms with Gasteiger partial charge in [0.2, 0.25) is 11.9 Å². The van der Waals surface area contributed by atoms with Gasteiger partial charge in [-0.05, 0) is 36.1 Å². The Bertz CT molecular complexity index is 912. The summed E-state index contributed by atoms with van der Waals surface area (Å²) in [5, 5.41) is 14.1. The number of amides is 2. The van der Waals surface area contributed by atoms with Crippen molar-refractivity contribution in [3.63, 3.8) is 0 Å². The van der Waals surface area contributed by atoms with E-state index < -0.39 is 5.91 Å². The van der Waals surface area contributed by atoms with E-state index in [1.807, 2.05) is 24.3 Å². The number of hydrogen-bond acceptors (Lipinski definition) is 7. The summed E-state index contributed by atoms with van der Waals surface area (Å²) in [6.45, 7) is 8.89. The van der Waals surface area contributed by atoms with Gasteiger partial charge in [0.05, 0.1) is 0 Å². The lowest BCUT2D eigenvalue weighted by Crippen LogP contribution is -2.30. The summed E-state index contributed by atoms with van der Waals surface area (Å²) in [6.07, 6.45) is 2.05. The average Bonchev–Trinajstić information content (AvgIpc) is 3.16.